The molecule has 7 N–H and O–H groups in total. The molecule has 9 atom stereocenters. The summed E-state index contributed by atoms with van der Waals surface area (Å²) in [4.78, 5) is 35.8. The van der Waals surface area contributed by atoms with E-state index < -0.39 is 81.8 Å². The Kier molecular flexibility index (Phi) is 37.6. The van der Waals surface area contributed by atoms with Gasteiger partial charge in [-0.2, -0.15) is 0 Å². The molecular weight excluding hydrogens is 892 g/mol. The number of ether oxygens (including phenoxy) is 2. The Balaban J connectivity index is 2.55. The summed E-state index contributed by atoms with van der Waals surface area (Å²) in [5.74, 6) is -1.41. The molecule has 68 heavy (non-hydrogen) atoms. The zero-order chi connectivity index (χ0) is 50.1. The molecule has 0 bridgehead atoms. The van der Waals surface area contributed by atoms with E-state index in [2.05, 4.69) is 105 Å². The Morgan fingerprint density at radius 2 is 0.971 bits per heavy atom. The molecule has 0 aromatic carbocycles. The van der Waals surface area contributed by atoms with Crippen LogP contribution in [-0.2, 0) is 32.7 Å². The molecule has 0 radical (unpaired) electrons. The zero-order valence-corrected chi connectivity index (χ0v) is 41.3. The van der Waals surface area contributed by atoms with Gasteiger partial charge in [0.2, 0.25) is 0 Å². The fourth-order valence-electron chi connectivity index (χ4n) is 6.50. The fraction of sp³-hybridized carbons (Fsp3) is 0.585. The predicted molar refractivity (Wildman–Crippen MR) is 268 cm³/mol. The Bertz CT molecular complexity index is 1660. The maximum absolute atomic E-state index is 12.8. The summed E-state index contributed by atoms with van der Waals surface area (Å²) in [5, 5.41) is 60.6. The number of phosphoric acid groups is 1. The molecule has 0 aromatic rings. The van der Waals surface area contributed by atoms with E-state index in [0.717, 1.165) is 89.9 Å². The maximum Gasteiger partial charge on any atom is 0.472 e. The van der Waals surface area contributed by atoms with E-state index in [1.807, 2.05) is 12.2 Å². The van der Waals surface area contributed by atoms with E-state index >= 15 is 0 Å². The predicted octanol–water partition coefficient (Wildman–Crippen LogP) is 9.14. The summed E-state index contributed by atoms with van der Waals surface area (Å²) in [6, 6.07) is 0. The van der Waals surface area contributed by atoms with Crippen LogP contribution >= 0.6 is 7.82 Å². The van der Waals surface area contributed by atoms with E-state index in [9.17, 15) is 49.7 Å². The average molecular weight is 975 g/mol. The van der Waals surface area contributed by atoms with Gasteiger partial charge in [-0.1, -0.05) is 161 Å². The number of allylic oxidation sites excluding steroid dienone is 19. The third kappa shape index (κ3) is 32.9. The molecule has 0 amide bonds. The lowest BCUT2D eigenvalue weighted by Gasteiger charge is -2.41. The molecule has 4 unspecified atom stereocenters. The largest absolute Gasteiger partial charge is 0.472 e. The van der Waals surface area contributed by atoms with Gasteiger partial charge < -0.3 is 45.0 Å². The molecule has 1 saturated carbocycles. The van der Waals surface area contributed by atoms with Gasteiger partial charge in [0.1, 0.15) is 43.2 Å². The molecule has 0 aliphatic heterocycles. The first-order valence-corrected chi connectivity index (χ1v) is 25.9. The van der Waals surface area contributed by atoms with Crippen molar-refractivity contribution in [3.63, 3.8) is 0 Å². The highest BCUT2D eigenvalue weighted by atomic mass is 31.2. The standard InChI is InChI=1S/C53H83O14P/c1-3-5-7-9-11-13-15-17-19-21-22-23-25-27-29-31-33-35-37-39-47(56)66-45(43-65-68(62,63)67-53-51(60)49(58)48(57)50(59)52(53)61)42-64-46(55)41-40-44(54)38-36-34-32-30-28-26-24-20-18-16-14-12-10-8-6-4-2/h5-8,11-14,17-20,22-23,26,28,32,34,36,38,44-45,48-54,57-61H,3-4,9-10,15-16,21,24-25,27,29-31,33,35,37,39-43H2,1-2H3,(H,62,63)/b7-5-,8-6-,13-11-,14-12-,19-17-,20-18-,23-22-,28-26-,34-32-,38-36-/t44?,45-,48?,49-,50+,51-,52-,53?/m1/s1. The number of hydrogen-bond acceptors (Lipinski definition) is 13. The number of carbonyl (C=O) groups excluding carboxylic acids is 2. The highest BCUT2D eigenvalue weighted by Crippen LogP contribution is 2.47. The summed E-state index contributed by atoms with van der Waals surface area (Å²) in [6.45, 7) is 2.84. The SMILES string of the molecule is CC/C=C\C/C=C\C/C=C\C/C=C\C/C=C\C=C/C(O)CCC(=O)OC[C@H](COP(=O)(O)OC1[C@H](O)[C@H](O)C(O)[C@H](O)[C@H]1O)OC(=O)CCCCCCCC/C=C\C/C=C\C/C=C\C/C=C\CC. The zero-order valence-electron chi connectivity index (χ0n) is 40.5. The molecule has 1 fully saturated rings. The van der Waals surface area contributed by atoms with Gasteiger partial charge in [-0.05, 0) is 83.5 Å². The van der Waals surface area contributed by atoms with Crippen LogP contribution in [0.1, 0.15) is 136 Å². The van der Waals surface area contributed by atoms with Crippen LogP contribution in [0.25, 0.3) is 0 Å². The van der Waals surface area contributed by atoms with E-state index in [0.29, 0.717) is 12.8 Å². The Morgan fingerprint density at radius 3 is 1.49 bits per heavy atom. The van der Waals surface area contributed by atoms with Crippen LogP contribution in [0.5, 0.6) is 0 Å². The molecule has 15 heteroatoms. The Labute approximate surface area is 406 Å². The molecule has 1 aliphatic rings. The van der Waals surface area contributed by atoms with Crippen molar-refractivity contribution in [1.82, 2.24) is 0 Å². The number of unbranched alkanes of at least 4 members (excludes halogenated alkanes) is 6. The van der Waals surface area contributed by atoms with E-state index in [-0.39, 0.29) is 19.3 Å². The van der Waals surface area contributed by atoms with Gasteiger partial charge >= 0.3 is 19.8 Å². The second-order valence-corrected chi connectivity index (χ2v) is 17.8. The number of aliphatic hydroxyl groups excluding tert-OH is 6. The third-order valence-corrected chi connectivity index (χ3v) is 11.4. The van der Waals surface area contributed by atoms with Crippen molar-refractivity contribution in [3.05, 3.63) is 122 Å². The molecule has 0 heterocycles. The van der Waals surface area contributed by atoms with Gasteiger partial charge in [0.15, 0.2) is 6.10 Å². The van der Waals surface area contributed by atoms with Gasteiger partial charge in [-0.25, -0.2) is 4.57 Å². The number of esters is 2. The van der Waals surface area contributed by atoms with Gasteiger partial charge in [0, 0.05) is 12.8 Å². The number of hydrogen-bond donors (Lipinski definition) is 7. The van der Waals surface area contributed by atoms with Crippen LogP contribution in [0.15, 0.2) is 122 Å². The first-order valence-electron chi connectivity index (χ1n) is 24.4. The van der Waals surface area contributed by atoms with Crippen LogP contribution in [0.3, 0.4) is 0 Å². The average Bonchev–Trinajstić information content (AvgIpc) is 3.32. The summed E-state index contributed by atoms with van der Waals surface area (Å²) in [6.07, 6.45) is 41.3. The van der Waals surface area contributed by atoms with E-state index in [4.69, 9.17) is 18.5 Å². The number of rotatable bonds is 38. The van der Waals surface area contributed by atoms with Crippen LogP contribution in [0.4, 0.5) is 0 Å². The van der Waals surface area contributed by atoms with E-state index in [1.54, 1.807) is 12.2 Å². The van der Waals surface area contributed by atoms with Crippen molar-refractivity contribution in [2.75, 3.05) is 13.2 Å². The van der Waals surface area contributed by atoms with Crippen molar-refractivity contribution < 1.29 is 68.2 Å². The summed E-state index contributed by atoms with van der Waals surface area (Å²) < 4.78 is 33.4. The molecule has 0 saturated heterocycles. The summed E-state index contributed by atoms with van der Waals surface area (Å²) in [5.41, 5.74) is 0. The van der Waals surface area contributed by atoms with Crippen molar-refractivity contribution >= 4 is 19.8 Å². The lowest BCUT2D eigenvalue weighted by Crippen LogP contribution is -2.64. The highest BCUT2D eigenvalue weighted by Gasteiger charge is 2.51. The van der Waals surface area contributed by atoms with Gasteiger partial charge in [-0.15, -0.1) is 0 Å². The Morgan fingerprint density at radius 1 is 0.529 bits per heavy atom. The van der Waals surface area contributed by atoms with Crippen molar-refractivity contribution in [3.8, 4) is 0 Å². The molecule has 0 spiro atoms. The second-order valence-electron chi connectivity index (χ2n) is 16.4. The summed E-state index contributed by atoms with van der Waals surface area (Å²) >= 11 is 0. The lowest BCUT2D eigenvalue weighted by molar-refractivity contribution is -0.220. The first kappa shape index (κ1) is 62.2. The number of carbonyl (C=O) groups is 2. The molecule has 1 aliphatic carbocycles. The minimum Gasteiger partial charge on any atom is -0.462 e. The number of aliphatic hydroxyl groups is 6. The highest BCUT2D eigenvalue weighted by molar-refractivity contribution is 7.47. The minimum absolute atomic E-state index is 0.0225. The molecule has 1 rings (SSSR count). The van der Waals surface area contributed by atoms with Crippen molar-refractivity contribution in [2.45, 2.75) is 185 Å². The quantitative estimate of drug-likeness (QED) is 0.0101. The maximum atomic E-state index is 12.8. The van der Waals surface area contributed by atoms with Crippen molar-refractivity contribution in [1.29, 1.82) is 0 Å². The third-order valence-electron chi connectivity index (χ3n) is 10.4. The van der Waals surface area contributed by atoms with E-state index in [1.165, 1.54) is 6.08 Å². The second kappa shape index (κ2) is 41.0. The molecule has 0 aromatic heterocycles. The van der Waals surface area contributed by atoms with Crippen LogP contribution < -0.4 is 0 Å². The van der Waals surface area contributed by atoms with Crippen LogP contribution in [0.2, 0.25) is 0 Å². The summed E-state index contributed by atoms with van der Waals surface area (Å²) in [7, 11) is -5.19. The van der Waals surface area contributed by atoms with Gasteiger partial charge in [0.05, 0.1) is 12.7 Å². The monoisotopic (exact) mass is 975 g/mol. The van der Waals surface area contributed by atoms with Crippen LogP contribution in [-0.4, -0.2) is 110 Å². The van der Waals surface area contributed by atoms with Gasteiger partial charge in [0.25, 0.3) is 0 Å². The Hall–Kier alpha value is -3.79. The van der Waals surface area contributed by atoms with Crippen LogP contribution in [0, 0.1) is 0 Å². The first-order chi connectivity index (χ1) is 32.8. The molecular formula is C53H83O14P. The minimum atomic E-state index is -5.19. The van der Waals surface area contributed by atoms with Crippen molar-refractivity contribution in [2.24, 2.45) is 0 Å². The topological polar surface area (TPSA) is 230 Å². The fourth-order valence-corrected chi connectivity index (χ4v) is 7.48. The van der Waals surface area contributed by atoms with Gasteiger partial charge in [-0.3, -0.25) is 18.6 Å². The molecule has 14 nitrogen and oxygen atoms in total. The number of phosphoric ester groups is 1. The molecule has 384 valence electrons. The smallest absolute Gasteiger partial charge is 0.462 e. The lowest BCUT2D eigenvalue weighted by atomic mass is 9.85. The normalized spacial score (nSPS) is 22.5.